The molecule has 0 bridgehead atoms. The van der Waals surface area contributed by atoms with E-state index in [2.05, 4.69) is 11.1 Å². The molecule has 2 aromatic heterocycles. The van der Waals surface area contributed by atoms with Gasteiger partial charge in [-0.05, 0) is 24.6 Å². The van der Waals surface area contributed by atoms with Crippen molar-refractivity contribution in [2.24, 2.45) is 0 Å². The molecule has 0 amide bonds. The Morgan fingerprint density at radius 3 is 3.00 bits per heavy atom. The van der Waals surface area contributed by atoms with E-state index in [-0.39, 0.29) is 12.0 Å². The van der Waals surface area contributed by atoms with E-state index in [0.29, 0.717) is 17.8 Å². The van der Waals surface area contributed by atoms with Gasteiger partial charge in [-0.15, -0.1) is 11.3 Å². The number of hydrogen-bond donors (Lipinski definition) is 0. The molecule has 0 spiro atoms. The standard InChI is InChI=1S/C17H15N3O2S/c1-11-19-16-15(17(21)20(11)8-4-7-18)14(10-23-16)12-5-3-6-13(9-12)22-2/h3,5-6,9-10H,4,8H2,1-2H3. The van der Waals surface area contributed by atoms with Gasteiger partial charge in [-0.3, -0.25) is 9.36 Å². The topological polar surface area (TPSA) is 67.9 Å². The number of ether oxygens (including phenoxy) is 1. The average molecular weight is 325 g/mol. The van der Waals surface area contributed by atoms with E-state index in [1.807, 2.05) is 29.6 Å². The van der Waals surface area contributed by atoms with E-state index in [1.165, 1.54) is 11.3 Å². The molecule has 1 aromatic carbocycles. The van der Waals surface area contributed by atoms with Crippen LogP contribution in [0.25, 0.3) is 21.3 Å². The van der Waals surface area contributed by atoms with Gasteiger partial charge in [-0.25, -0.2) is 4.98 Å². The Morgan fingerprint density at radius 1 is 1.43 bits per heavy atom. The van der Waals surface area contributed by atoms with Crippen LogP contribution in [0, 0.1) is 18.3 Å². The highest BCUT2D eigenvalue weighted by Crippen LogP contribution is 2.32. The molecule has 0 fully saturated rings. The summed E-state index contributed by atoms with van der Waals surface area (Å²) in [5.41, 5.74) is 1.68. The number of nitrogens with zero attached hydrogens (tertiary/aromatic N) is 3. The largest absolute Gasteiger partial charge is 0.497 e. The van der Waals surface area contributed by atoms with Crippen LogP contribution in [0.5, 0.6) is 5.75 Å². The quantitative estimate of drug-likeness (QED) is 0.737. The van der Waals surface area contributed by atoms with Crippen molar-refractivity contribution in [3.63, 3.8) is 0 Å². The van der Waals surface area contributed by atoms with Gasteiger partial charge in [0.1, 0.15) is 16.4 Å². The lowest BCUT2D eigenvalue weighted by molar-refractivity contribution is 0.415. The lowest BCUT2D eigenvalue weighted by Crippen LogP contribution is -2.23. The van der Waals surface area contributed by atoms with Crippen LogP contribution in [0.4, 0.5) is 0 Å². The van der Waals surface area contributed by atoms with E-state index in [4.69, 9.17) is 10.00 Å². The third kappa shape index (κ3) is 2.71. The van der Waals surface area contributed by atoms with Crippen LogP contribution < -0.4 is 10.3 Å². The van der Waals surface area contributed by atoms with Gasteiger partial charge in [-0.2, -0.15) is 5.26 Å². The fourth-order valence-corrected chi connectivity index (χ4v) is 3.54. The minimum atomic E-state index is -0.0955. The molecule has 5 nitrogen and oxygen atoms in total. The van der Waals surface area contributed by atoms with E-state index < -0.39 is 0 Å². The molecule has 0 saturated heterocycles. The van der Waals surface area contributed by atoms with Crippen molar-refractivity contribution >= 4 is 21.6 Å². The Bertz CT molecular complexity index is 966. The summed E-state index contributed by atoms with van der Waals surface area (Å²) in [6.07, 6.45) is 0.284. The summed E-state index contributed by atoms with van der Waals surface area (Å²) in [4.78, 5) is 18.1. The van der Waals surface area contributed by atoms with Crippen molar-refractivity contribution in [3.05, 3.63) is 45.8 Å². The van der Waals surface area contributed by atoms with Crippen molar-refractivity contribution in [1.82, 2.24) is 9.55 Å². The summed E-state index contributed by atoms with van der Waals surface area (Å²) < 4.78 is 6.83. The molecule has 0 aliphatic heterocycles. The van der Waals surface area contributed by atoms with Crippen molar-refractivity contribution < 1.29 is 4.74 Å². The minimum Gasteiger partial charge on any atom is -0.497 e. The number of fused-ring (bicyclic) bond motifs is 1. The Labute approximate surface area is 137 Å². The maximum Gasteiger partial charge on any atom is 0.262 e. The lowest BCUT2D eigenvalue weighted by atomic mass is 10.1. The third-order valence-corrected chi connectivity index (χ3v) is 4.58. The van der Waals surface area contributed by atoms with E-state index >= 15 is 0 Å². The average Bonchev–Trinajstić information content (AvgIpc) is 2.98. The number of rotatable bonds is 4. The van der Waals surface area contributed by atoms with Gasteiger partial charge >= 0.3 is 0 Å². The number of benzene rings is 1. The molecule has 116 valence electrons. The van der Waals surface area contributed by atoms with Gasteiger partial charge in [0.05, 0.1) is 25.0 Å². The van der Waals surface area contributed by atoms with Gasteiger partial charge in [0, 0.05) is 17.5 Å². The van der Waals surface area contributed by atoms with Crippen LogP contribution >= 0.6 is 11.3 Å². The highest BCUT2D eigenvalue weighted by molar-refractivity contribution is 7.17. The first-order valence-electron chi connectivity index (χ1n) is 7.15. The summed E-state index contributed by atoms with van der Waals surface area (Å²) in [7, 11) is 1.62. The molecule has 0 aliphatic carbocycles. The minimum absolute atomic E-state index is 0.0955. The molecule has 0 unspecified atom stereocenters. The summed E-state index contributed by atoms with van der Waals surface area (Å²) >= 11 is 1.45. The van der Waals surface area contributed by atoms with Gasteiger partial charge in [0.15, 0.2) is 0 Å². The molecular weight excluding hydrogens is 310 g/mol. The van der Waals surface area contributed by atoms with Crippen LogP contribution in [0.2, 0.25) is 0 Å². The molecular formula is C17H15N3O2S. The first kappa shape index (κ1) is 15.3. The summed E-state index contributed by atoms with van der Waals surface area (Å²) in [5, 5.41) is 11.3. The molecule has 0 atom stereocenters. The predicted molar refractivity (Wildman–Crippen MR) is 90.8 cm³/mol. The molecule has 0 N–H and O–H groups in total. The number of nitriles is 1. The Balaban J connectivity index is 2.23. The SMILES string of the molecule is COc1cccc(-c2csc3nc(C)n(CCC#N)c(=O)c23)c1. The van der Waals surface area contributed by atoms with Crippen molar-refractivity contribution in [3.8, 4) is 22.9 Å². The zero-order chi connectivity index (χ0) is 16.4. The van der Waals surface area contributed by atoms with E-state index in [0.717, 1.165) is 21.7 Å². The molecule has 0 aliphatic rings. The molecule has 3 rings (SSSR count). The third-order valence-electron chi connectivity index (χ3n) is 3.71. The maximum absolute atomic E-state index is 12.9. The second kappa shape index (κ2) is 6.23. The Morgan fingerprint density at radius 2 is 2.26 bits per heavy atom. The first-order chi connectivity index (χ1) is 11.2. The van der Waals surface area contributed by atoms with Gasteiger partial charge in [-0.1, -0.05) is 12.1 Å². The van der Waals surface area contributed by atoms with Crippen LogP contribution in [-0.2, 0) is 6.54 Å². The fraction of sp³-hybridized carbons (Fsp3) is 0.235. The highest BCUT2D eigenvalue weighted by Gasteiger charge is 2.15. The van der Waals surface area contributed by atoms with Crippen molar-refractivity contribution in [1.29, 1.82) is 5.26 Å². The predicted octanol–water partition coefficient (Wildman–Crippen LogP) is 3.36. The maximum atomic E-state index is 12.9. The molecule has 0 radical (unpaired) electrons. The summed E-state index contributed by atoms with van der Waals surface area (Å²) in [6, 6.07) is 9.69. The number of aryl methyl sites for hydroxylation is 1. The van der Waals surface area contributed by atoms with Crippen LogP contribution in [0.3, 0.4) is 0 Å². The molecule has 0 saturated carbocycles. The monoisotopic (exact) mass is 325 g/mol. The summed E-state index contributed by atoms with van der Waals surface area (Å²) in [6.45, 7) is 2.15. The first-order valence-corrected chi connectivity index (χ1v) is 8.03. The number of hydrogen-bond acceptors (Lipinski definition) is 5. The number of methoxy groups -OCH3 is 1. The Hall–Kier alpha value is -2.65. The van der Waals surface area contributed by atoms with E-state index in [1.54, 1.807) is 18.6 Å². The zero-order valence-electron chi connectivity index (χ0n) is 12.9. The van der Waals surface area contributed by atoms with Crippen molar-refractivity contribution in [2.45, 2.75) is 19.9 Å². The van der Waals surface area contributed by atoms with Crippen LogP contribution in [0.15, 0.2) is 34.4 Å². The zero-order valence-corrected chi connectivity index (χ0v) is 13.7. The van der Waals surface area contributed by atoms with Crippen molar-refractivity contribution in [2.75, 3.05) is 7.11 Å². The van der Waals surface area contributed by atoms with Crippen LogP contribution in [0.1, 0.15) is 12.2 Å². The second-order valence-electron chi connectivity index (χ2n) is 5.09. The highest BCUT2D eigenvalue weighted by atomic mass is 32.1. The van der Waals surface area contributed by atoms with Gasteiger partial charge in [0.25, 0.3) is 5.56 Å². The number of thiophene rings is 1. The molecule has 23 heavy (non-hydrogen) atoms. The normalized spacial score (nSPS) is 10.7. The van der Waals surface area contributed by atoms with E-state index in [9.17, 15) is 4.79 Å². The second-order valence-corrected chi connectivity index (χ2v) is 5.94. The van der Waals surface area contributed by atoms with Gasteiger partial charge in [0.2, 0.25) is 0 Å². The smallest absolute Gasteiger partial charge is 0.262 e. The summed E-state index contributed by atoms with van der Waals surface area (Å²) in [5.74, 6) is 1.38. The Kier molecular flexibility index (Phi) is 4.13. The molecule has 2 heterocycles. The number of aromatic nitrogens is 2. The van der Waals surface area contributed by atoms with Gasteiger partial charge < -0.3 is 4.74 Å². The van der Waals surface area contributed by atoms with Crippen LogP contribution in [-0.4, -0.2) is 16.7 Å². The fourth-order valence-electron chi connectivity index (χ4n) is 2.55. The molecule has 6 heteroatoms. The lowest BCUT2D eigenvalue weighted by Gasteiger charge is -2.08. The molecule has 3 aromatic rings.